The molecule has 0 amide bonds. The normalized spacial score (nSPS) is 12.3. The Morgan fingerprint density at radius 1 is 0.595 bits per heavy atom. The molecule has 0 aromatic rings. The number of esters is 1. The standard InChI is InChI=1S/C33H62O4/c1-3-5-6-7-8-9-10-11-12-13-14-15-16-17-18-19-20-21-22-23-24-25-26-27-28-31(33(35)36)30-32(34)37-29-4-2/h10-11,31H,3-9,12-30H2,1-2H3,(H,35,36)/b11-10+. The minimum absolute atomic E-state index is 0.00624. The Bertz CT molecular complexity index is 528. The first-order valence-corrected chi connectivity index (χ1v) is 16.1. The molecule has 0 fully saturated rings. The third-order valence-corrected chi connectivity index (χ3v) is 7.29. The van der Waals surface area contributed by atoms with Crippen LogP contribution >= 0.6 is 0 Å². The summed E-state index contributed by atoms with van der Waals surface area (Å²) in [5.41, 5.74) is 0. The number of carbonyl (C=O) groups is 2. The molecule has 0 spiro atoms. The molecule has 4 nitrogen and oxygen atoms in total. The smallest absolute Gasteiger partial charge is 0.307 e. The number of hydrogen-bond donors (Lipinski definition) is 1. The summed E-state index contributed by atoms with van der Waals surface area (Å²) in [6, 6.07) is 0. The lowest BCUT2D eigenvalue weighted by molar-refractivity contribution is -0.151. The van der Waals surface area contributed by atoms with Crippen LogP contribution in [-0.4, -0.2) is 23.7 Å². The third kappa shape index (κ3) is 27.5. The van der Waals surface area contributed by atoms with Crippen LogP contribution in [0.5, 0.6) is 0 Å². The van der Waals surface area contributed by atoms with Gasteiger partial charge < -0.3 is 9.84 Å². The topological polar surface area (TPSA) is 63.6 Å². The largest absolute Gasteiger partial charge is 0.481 e. The zero-order valence-corrected chi connectivity index (χ0v) is 24.8. The van der Waals surface area contributed by atoms with Gasteiger partial charge in [0, 0.05) is 0 Å². The highest BCUT2D eigenvalue weighted by molar-refractivity contribution is 5.78. The molecule has 0 radical (unpaired) electrons. The molecule has 1 unspecified atom stereocenters. The maximum atomic E-state index is 11.7. The highest BCUT2D eigenvalue weighted by Gasteiger charge is 2.21. The molecular formula is C33H62O4. The van der Waals surface area contributed by atoms with E-state index < -0.39 is 11.9 Å². The summed E-state index contributed by atoms with van der Waals surface area (Å²) in [6.07, 6.45) is 35.1. The summed E-state index contributed by atoms with van der Waals surface area (Å²) in [7, 11) is 0. The van der Waals surface area contributed by atoms with Crippen molar-refractivity contribution in [3.05, 3.63) is 12.2 Å². The van der Waals surface area contributed by atoms with Crippen LogP contribution in [0.1, 0.15) is 174 Å². The zero-order valence-electron chi connectivity index (χ0n) is 24.8. The van der Waals surface area contributed by atoms with E-state index in [-0.39, 0.29) is 12.4 Å². The SMILES string of the molecule is CCCCCCC/C=C/CCCCCCCCCCCCCCCCCC(CC(=O)OCCC)C(=O)O. The molecule has 218 valence electrons. The fraction of sp³-hybridized carbons (Fsp3) is 0.879. The number of allylic oxidation sites excluding steroid dienone is 2. The summed E-state index contributed by atoms with van der Waals surface area (Å²) < 4.78 is 5.02. The lowest BCUT2D eigenvalue weighted by Crippen LogP contribution is -2.19. The number of aliphatic carboxylic acids is 1. The lowest BCUT2D eigenvalue weighted by atomic mass is 9.97. The summed E-state index contributed by atoms with van der Waals surface area (Å²) >= 11 is 0. The summed E-state index contributed by atoms with van der Waals surface area (Å²) in [6.45, 7) is 4.59. The van der Waals surface area contributed by atoms with Gasteiger partial charge in [-0.3, -0.25) is 9.59 Å². The van der Waals surface area contributed by atoms with Crippen LogP contribution in [0, 0.1) is 5.92 Å². The molecule has 1 atom stereocenters. The molecule has 0 aromatic carbocycles. The minimum Gasteiger partial charge on any atom is -0.481 e. The van der Waals surface area contributed by atoms with Crippen molar-refractivity contribution < 1.29 is 19.4 Å². The van der Waals surface area contributed by atoms with Gasteiger partial charge in [0.15, 0.2) is 0 Å². The first kappa shape index (κ1) is 35.7. The van der Waals surface area contributed by atoms with Crippen molar-refractivity contribution in [3.8, 4) is 0 Å². The summed E-state index contributed by atoms with van der Waals surface area (Å²) in [4.78, 5) is 23.0. The predicted octanol–water partition coefficient (Wildman–Crippen LogP) is 10.6. The number of carboxylic acids is 1. The van der Waals surface area contributed by atoms with Crippen molar-refractivity contribution in [2.45, 2.75) is 174 Å². The predicted molar refractivity (Wildman–Crippen MR) is 158 cm³/mol. The fourth-order valence-corrected chi connectivity index (χ4v) is 4.84. The van der Waals surface area contributed by atoms with Crippen LogP contribution in [0.2, 0.25) is 0 Å². The van der Waals surface area contributed by atoms with Crippen LogP contribution in [0.4, 0.5) is 0 Å². The van der Waals surface area contributed by atoms with Crippen molar-refractivity contribution in [2.75, 3.05) is 6.61 Å². The Labute approximate surface area is 230 Å². The molecule has 0 rings (SSSR count). The Morgan fingerprint density at radius 3 is 1.41 bits per heavy atom. The van der Waals surface area contributed by atoms with Crippen molar-refractivity contribution in [1.29, 1.82) is 0 Å². The number of unbranched alkanes of at least 4 members (excludes halogenated alkanes) is 20. The second kappa shape index (κ2) is 29.2. The summed E-state index contributed by atoms with van der Waals surface area (Å²) in [5, 5.41) is 9.32. The minimum atomic E-state index is -0.875. The van der Waals surface area contributed by atoms with E-state index in [0.717, 1.165) is 19.3 Å². The number of carboxylic acid groups (broad SMARTS) is 1. The van der Waals surface area contributed by atoms with Gasteiger partial charge in [-0.15, -0.1) is 0 Å². The van der Waals surface area contributed by atoms with Crippen LogP contribution in [0.25, 0.3) is 0 Å². The van der Waals surface area contributed by atoms with Gasteiger partial charge in [0.25, 0.3) is 0 Å². The maximum Gasteiger partial charge on any atom is 0.307 e. The van der Waals surface area contributed by atoms with Crippen molar-refractivity contribution in [3.63, 3.8) is 0 Å². The van der Waals surface area contributed by atoms with Gasteiger partial charge in [0.1, 0.15) is 0 Å². The Morgan fingerprint density at radius 2 is 1.00 bits per heavy atom. The molecule has 0 aromatic heterocycles. The zero-order chi connectivity index (χ0) is 27.2. The second-order valence-electron chi connectivity index (χ2n) is 11.0. The van der Waals surface area contributed by atoms with Crippen molar-refractivity contribution in [2.24, 2.45) is 5.92 Å². The lowest BCUT2D eigenvalue weighted by Gasteiger charge is -2.11. The molecule has 0 saturated carbocycles. The first-order valence-electron chi connectivity index (χ1n) is 16.1. The quantitative estimate of drug-likeness (QED) is 0.0602. The number of hydrogen-bond acceptors (Lipinski definition) is 3. The molecular weight excluding hydrogens is 460 g/mol. The first-order chi connectivity index (χ1) is 18.1. The number of carbonyl (C=O) groups excluding carboxylic acids is 1. The average Bonchev–Trinajstić information content (AvgIpc) is 2.89. The second-order valence-corrected chi connectivity index (χ2v) is 11.0. The van der Waals surface area contributed by atoms with Crippen LogP contribution < -0.4 is 0 Å². The summed E-state index contributed by atoms with van der Waals surface area (Å²) in [5.74, 6) is -1.85. The molecule has 1 N–H and O–H groups in total. The van der Waals surface area contributed by atoms with E-state index in [0.29, 0.717) is 13.0 Å². The molecule has 0 saturated heterocycles. The molecule has 0 aliphatic rings. The average molecular weight is 523 g/mol. The van der Waals surface area contributed by atoms with Gasteiger partial charge in [-0.25, -0.2) is 0 Å². The van der Waals surface area contributed by atoms with E-state index in [9.17, 15) is 14.7 Å². The highest BCUT2D eigenvalue weighted by Crippen LogP contribution is 2.18. The van der Waals surface area contributed by atoms with Crippen LogP contribution in [-0.2, 0) is 14.3 Å². The van der Waals surface area contributed by atoms with E-state index in [2.05, 4.69) is 19.1 Å². The van der Waals surface area contributed by atoms with Gasteiger partial charge in [-0.05, 0) is 38.5 Å². The Kier molecular flexibility index (Phi) is 28.2. The van der Waals surface area contributed by atoms with E-state index in [1.807, 2.05) is 6.92 Å². The highest BCUT2D eigenvalue weighted by atomic mass is 16.5. The van der Waals surface area contributed by atoms with E-state index in [4.69, 9.17) is 4.74 Å². The molecule has 0 aliphatic carbocycles. The van der Waals surface area contributed by atoms with Crippen LogP contribution in [0.3, 0.4) is 0 Å². The molecule has 0 heterocycles. The maximum absolute atomic E-state index is 11.7. The van der Waals surface area contributed by atoms with E-state index in [1.54, 1.807) is 0 Å². The fourth-order valence-electron chi connectivity index (χ4n) is 4.84. The monoisotopic (exact) mass is 522 g/mol. The number of rotatable bonds is 29. The van der Waals surface area contributed by atoms with Crippen LogP contribution in [0.15, 0.2) is 12.2 Å². The van der Waals surface area contributed by atoms with Crippen molar-refractivity contribution >= 4 is 11.9 Å². The molecule has 4 heteroatoms. The van der Waals surface area contributed by atoms with Gasteiger partial charge in [-0.1, -0.05) is 142 Å². The van der Waals surface area contributed by atoms with Gasteiger partial charge >= 0.3 is 11.9 Å². The Balaban J connectivity index is 3.33. The Hall–Kier alpha value is -1.32. The van der Waals surface area contributed by atoms with E-state index in [1.165, 1.54) is 128 Å². The molecule has 0 aliphatic heterocycles. The van der Waals surface area contributed by atoms with Gasteiger partial charge in [0.05, 0.1) is 18.9 Å². The molecule has 37 heavy (non-hydrogen) atoms. The third-order valence-electron chi connectivity index (χ3n) is 7.29. The van der Waals surface area contributed by atoms with Gasteiger partial charge in [-0.2, -0.15) is 0 Å². The van der Waals surface area contributed by atoms with Crippen molar-refractivity contribution in [1.82, 2.24) is 0 Å². The van der Waals surface area contributed by atoms with Gasteiger partial charge in [0.2, 0.25) is 0 Å². The number of ether oxygens (including phenoxy) is 1. The molecule has 0 bridgehead atoms. The van der Waals surface area contributed by atoms with E-state index >= 15 is 0 Å².